The third kappa shape index (κ3) is 4.61. The summed E-state index contributed by atoms with van der Waals surface area (Å²) in [6.45, 7) is 6.41. The fraction of sp³-hybridized carbons (Fsp3) is 0.400. The minimum Gasteiger partial charge on any atom is -0.502 e. The average Bonchev–Trinajstić information content (AvgIpc) is 2.64. The smallest absolute Gasteiger partial charge is 0.200 e. The van der Waals surface area contributed by atoms with Gasteiger partial charge < -0.3 is 24.4 Å². The quantitative estimate of drug-likeness (QED) is 0.688. The SMILES string of the molecule is COc1cc(C[NH+]2CC[NH+](Cc3cccc(Cl)c3)CC2)cc(OC)c1O. The van der Waals surface area contributed by atoms with E-state index in [2.05, 4.69) is 12.1 Å². The van der Waals surface area contributed by atoms with E-state index in [9.17, 15) is 5.11 Å². The number of benzene rings is 2. The maximum atomic E-state index is 10.0. The van der Waals surface area contributed by atoms with Crippen LogP contribution in [0.3, 0.4) is 0 Å². The lowest BCUT2D eigenvalue weighted by Crippen LogP contribution is -3.27. The van der Waals surface area contributed by atoms with Gasteiger partial charge in [0.05, 0.1) is 14.2 Å². The van der Waals surface area contributed by atoms with Crippen LogP contribution in [0.2, 0.25) is 5.02 Å². The van der Waals surface area contributed by atoms with Crippen molar-refractivity contribution in [1.82, 2.24) is 0 Å². The Kier molecular flexibility index (Phi) is 6.25. The standard InChI is InChI=1S/C20H25ClN2O3/c1-25-18-11-16(12-19(26-2)20(18)24)14-23-8-6-22(7-9-23)13-15-4-3-5-17(21)10-15/h3-5,10-12,24H,6-9,13-14H2,1-2H3/p+2. The molecule has 0 aliphatic carbocycles. The lowest BCUT2D eigenvalue weighted by molar-refractivity contribution is -1.02. The maximum absolute atomic E-state index is 10.0. The first-order chi connectivity index (χ1) is 12.6. The van der Waals surface area contributed by atoms with Crippen LogP contribution < -0.4 is 19.3 Å². The molecular weight excluding hydrogens is 352 g/mol. The van der Waals surface area contributed by atoms with Gasteiger partial charge in [0.1, 0.15) is 39.3 Å². The molecular formula is C20H27ClN2O3+2. The van der Waals surface area contributed by atoms with Crippen LogP contribution in [-0.2, 0) is 13.1 Å². The predicted molar refractivity (Wildman–Crippen MR) is 101 cm³/mol. The van der Waals surface area contributed by atoms with Crippen LogP contribution in [-0.4, -0.2) is 45.5 Å². The second kappa shape index (κ2) is 8.62. The van der Waals surface area contributed by atoms with E-state index < -0.39 is 0 Å². The lowest BCUT2D eigenvalue weighted by Gasteiger charge is -2.30. The van der Waals surface area contributed by atoms with Crippen LogP contribution in [0.25, 0.3) is 0 Å². The first-order valence-corrected chi connectivity index (χ1v) is 9.32. The molecule has 0 aromatic heterocycles. The summed E-state index contributed by atoms with van der Waals surface area (Å²) >= 11 is 6.08. The van der Waals surface area contributed by atoms with Crippen molar-refractivity contribution in [3.63, 3.8) is 0 Å². The molecule has 1 aliphatic heterocycles. The summed E-state index contributed by atoms with van der Waals surface area (Å²) in [5, 5.41) is 10.9. The highest BCUT2D eigenvalue weighted by Crippen LogP contribution is 2.36. The first kappa shape index (κ1) is 18.8. The van der Waals surface area contributed by atoms with Gasteiger partial charge in [0.2, 0.25) is 5.75 Å². The number of hydrogen-bond acceptors (Lipinski definition) is 3. The molecule has 0 amide bonds. The normalized spacial score (nSPS) is 20.0. The van der Waals surface area contributed by atoms with E-state index in [0.29, 0.717) is 11.5 Å². The van der Waals surface area contributed by atoms with E-state index in [-0.39, 0.29) is 5.75 Å². The number of rotatable bonds is 6. The zero-order valence-electron chi connectivity index (χ0n) is 15.3. The monoisotopic (exact) mass is 378 g/mol. The summed E-state index contributed by atoms with van der Waals surface area (Å²) in [5.74, 6) is 0.984. The average molecular weight is 379 g/mol. The van der Waals surface area contributed by atoms with Crippen LogP contribution in [0, 0.1) is 0 Å². The van der Waals surface area contributed by atoms with Crippen LogP contribution in [0.15, 0.2) is 36.4 Å². The molecule has 2 aromatic carbocycles. The van der Waals surface area contributed by atoms with Crippen LogP contribution >= 0.6 is 11.6 Å². The Labute approximate surface area is 159 Å². The fourth-order valence-corrected chi connectivity index (χ4v) is 3.80. The largest absolute Gasteiger partial charge is 0.502 e. The molecule has 1 heterocycles. The molecule has 26 heavy (non-hydrogen) atoms. The van der Waals surface area contributed by atoms with Crippen molar-refractivity contribution in [1.29, 1.82) is 0 Å². The number of quaternary nitrogens is 2. The molecule has 0 bridgehead atoms. The van der Waals surface area contributed by atoms with Crippen LogP contribution in [0.4, 0.5) is 0 Å². The van der Waals surface area contributed by atoms with Crippen molar-refractivity contribution in [2.45, 2.75) is 13.1 Å². The molecule has 0 atom stereocenters. The van der Waals surface area contributed by atoms with E-state index in [1.54, 1.807) is 19.1 Å². The number of ether oxygens (including phenoxy) is 2. The first-order valence-electron chi connectivity index (χ1n) is 8.94. The Hall–Kier alpha value is -1.95. The zero-order valence-corrected chi connectivity index (χ0v) is 16.1. The third-order valence-corrected chi connectivity index (χ3v) is 5.24. The molecule has 1 saturated heterocycles. The van der Waals surface area contributed by atoms with Crippen molar-refractivity contribution in [3.8, 4) is 17.2 Å². The number of halogens is 1. The topological polar surface area (TPSA) is 47.6 Å². The fourth-order valence-electron chi connectivity index (χ4n) is 3.58. The molecule has 0 spiro atoms. The van der Waals surface area contributed by atoms with Gasteiger partial charge in [-0.3, -0.25) is 0 Å². The van der Waals surface area contributed by atoms with Gasteiger partial charge in [-0.15, -0.1) is 0 Å². The van der Waals surface area contributed by atoms with Gasteiger partial charge in [0.15, 0.2) is 11.5 Å². The third-order valence-electron chi connectivity index (χ3n) is 5.00. The highest BCUT2D eigenvalue weighted by atomic mass is 35.5. The Morgan fingerprint density at radius 1 is 0.885 bits per heavy atom. The molecule has 5 nitrogen and oxygen atoms in total. The Morgan fingerprint density at radius 2 is 1.42 bits per heavy atom. The van der Waals surface area contributed by atoms with E-state index in [0.717, 1.165) is 49.9 Å². The molecule has 6 heteroatoms. The van der Waals surface area contributed by atoms with E-state index in [1.165, 1.54) is 10.5 Å². The number of hydrogen-bond donors (Lipinski definition) is 3. The minimum atomic E-state index is 0.0598. The molecule has 0 saturated carbocycles. The minimum absolute atomic E-state index is 0.0598. The second-order valence-corrected chi connectivity index (χ2v) is 7.27. The number of phenols is 1. The van der Waals surface area contributed by atoms with Gasteiger partial charge >= 0.3 is 0 Å². The summed E-state index contributed by atoms with van der Waals surface area (Å²) in [5.41, 5.74) is 2.41. The molecule has 2 aromatic rings. The van der Waals surface area contributed by atoms with E-state index in [4.69, 9.17) is 21.1 Å². The molecule has 1 aliphatic rings. The van der Waals surface area contributed by atoms with Gasteiger partial charge in [0, 0.05) is 16.1 Å². The molecule has 3 rings (SSSR count). The Bertz CT molecular complexity index is 721. The van der Waals surface area contributed by atoms with Crippen molar-refractivity contribution >= 4 is 11.6 Å². The van der Waals surface area contributed by atoms with Crippen LogP contribution in [0.1, 0.15) is 11.1 Å². The van der Waals surface area contributed by atoms with Crippen LogP contribution in [0.5, 0.6) is 17.2 Å². The van der Waals surface area contributed by atoms with Crippen molar-refractivity contribution in [2.24, 2.45) is 0 Å². The summed E-state index contributed by atoms with van der Waals surface area (Å²) in [6.07, 6.45) is 0. The molecule has 1 fully saturated rings. The van der Waals surface area contributed by atoms with Gasteiger partial charge in [-0.05, 0) is 24.3 Å². The molecule has 3 N–H and O–H groups in total. The highest BCUT2D eigenvalue weighted by molar-refractivity contribution is 6.30. The van der Waals surface area contributed by atoms with E-state index in [1.807, 2.05) is 24.3 Å². The van der Waals surface area contributed by atoms with Gasteiger partial charge in [0.25, 0.3) is 0 Å². The Morgan fingerprint density at radius 3 is 1.92 bits per heavy atom. The van der Waals surface area contributed by atoms with Gasteiger partial charge in [-0.2, -0.15) is 0 Å². The van der Waals surface area contributed by atoms with E-state index >= 15 is 0 Å². The van der Waals surface area contributed by atoms with Gasteiger partial charge in [-0.25, -0.2) is 0 Å². The van der Waals surface area contributed by atoms with Crippen molar-refractivity contribution in [2.75, 3.05) is 40.4 Å². The number of phenolic OH excluding ortho intramolecular Hbond substituents is 1. The summed E-state index contributed by atoms with van der Waals surface area (Å²) < 4.78 is 10.5. The molecule has 140 valence electrons. The van der Waals surface area contributed by atoms with Gasteiger partial charge in [-0.1, -0.05) is 23.7 Å². The van der Waals surface area contributed by atoms with Crippen molar-refractivity contribution in [3.05, 3.63) is 52.5 Å². The number of nitrogens with one attached hydrogen (secondary N) is 2. The number of piperazine rings is 1. The predicted octanol–water partition coefficient (Wildman–Crippen LogP) is 0.546. The number of methoxy groups -OCH3 is 2. The van der Waals surface area contributed by atoms with Crippen molar-refractivity contribution < 1.29 is 24.4 Å². The summed E-state index contributed by atoms with van der Waals surface area (Å²) in [4.78, 5) is 3.13. The molecule has 0 unspecified atom stereocenters. The summed E-state index contributed by atoms with van der Waals surface area (Å²) in [6, 6.07) is 11.9. The highest BCUT2D eigenvalue weighted by Gasteiger charge is 2.24. The lowest BCUT2D eigenvalue weighted by atomic mass is 10.1. The second-order valence-electron chi connectivity index (χ2n) is 6.83. The maximum Gasteiger partial charge on any atom is 0.200 e. The molecule has 0 radical (unpaired) electrons. The summed E-state index contributed by atoms with van der Waals surface area (Å²) in [7, 11) is 3.12. The number of aromatic hydroxyl groups is 1. The Balaban J connectivity index is 1.57. The zero-order chi connectivity index (χ0) is 18.5.